The van der Waals surface area contributed by atoms with Crippen LogP contribution in [0.4, 0.5) is 0 Å². The molecule has 0 bridgehead atoms. The van der Waals surface area contributed by atoms with Crippen LogP contribution in [-0.2, 0) is 0 Å². The fraction of sp³-hybridized carbons (Fsp3) is 0.875. The van der Waals surface area contributed by atoms with Gasteiger partial charge in [0.25, 0.3) is 0 Å². The predicted octanol–water partition coefficient (Wildman–Crippen LogP) is 2.29. The standard InChI is InChI=1S/C8H15ClN4S/c1-4-14-5-6(2)13-8(7(3)9)10-11-12-13/h6-7H,4-5H2,1-3H3. The molecule has 0 aliphatic rings. The SMILES string of the molecule is CCSCC(C)n1nnnc1C(C)Cl. The predicted molar refractivity (Wildman–Crippen MR) is 59.8 cm³/mol. The minimum absolute atomic E-state index is 0.140. The summed E-state index contributed by atoms with van der Waals surface area (Å²) in [6, 6.07) is 0.297. The third-order valence-corrected chi connectivity index (χ3v) is 3.18. The van der Waals surface area contributed by atoms with Crippen molar-refractivity contribution in [1.82, 2.24) is 20.2 Å². The Kier molecular flexibility index (Phi) is 4.68. The second-order valence-corrected chi connectivity index (χ2v) is 5.08. The molecule has 0 amide bonds. The average Bonchev–Trinajstić information content (AvgIpc) is 2.62. The largest absolute Gasteiger partial charge is 0.224 e. The van der Waals surface area contributed by atoms with E-state index in [4.69, 9.17) is 11.6 Å². The molecule has 0 fully saturated rings. The van der Waals surface area contributed by atoms with Gasteiger partial charge < -0.3 is 0 Å². The van der Waals surface area contributed by atoms with Crippen LogP contribution in [0.15, 0.2) is 0 Å². The van der Waals surface area contributed by atoms with Gasteiger partial charge in [-0.2, -0.15) is 11.8 Å². The van der Waals surface area contributed by atoms with E-state index in [1.165, 1.54) is 0 Å². The molecule has 0 aliphatic heterocycles. The first kappa shape index (κ1) is 11.8. The first-order chi connectivity index (χ1) is 6.66. The summed E-state index contributed by atoms with van der Waals surface area (Å²) in [5, 5.41) is 11.4. The second-order valence-electron chi connectivity index (χ2n) is 3.11. The summed E-state index contributed by atoms with van der Waals surface area (Å²) >= 11 is 7.83. The summed E-state index contributed by atoms with van der Waals surface area (Å²) in [6.07, 6.45) is 0. The Morgan fingerprint density at radius 3 is 2.79 bits per heavy atom. The first-order valence-electron chi connectivity index (χ1n) is 4.66. The summed E-state index contributed by atoms with van der Waals surface area (Å²) < 4.78 is 1.81. The van der Waals surface area contributed by atoms with Gasteiger partial charge in [0.15, 0.2) is 5.82 Å². The van der Waals surface area contributed by atoms with Crippen LogP contribution < -0.4 is 0 Å². The molecule has 80 valence electrons. The van der Waals surface area contributed by atoms with E-state index in [-0.39, 0.29) is 5.38 Å². The Hall–Kier alpha value is -0.290. The molecule has 1 rings (SSSR count). The van der Waals surface area contributed by atoms with Crippen molar-refractivity contribution in [1.29, 1.82) is 0 Å². The third-order valence-electron chi connectivity index (χ3n) is 1.85. The molecule has 0 spiro atoms. The number of tetrazole rings is 1. The lowest BCUT2D eigenvalue weighted by atomic mass is 10.3. The molecule has 14 heavy (non-hydrogen) atoms. The van der Waals surface area contributed by atoms with Crippen molar-refractivity contribution in [2.75, 3.05) is 11.5 Å². The molecule has 1 aromatic heterocycles. The molecule has 1 heterocycles. The number of nitrogens with zero attached hydrogens (tertiary/aromatic N) is 4. The molecule has 0 saturated heterocycles. The topological polar surface area (TPSA) is 43.6 Å². The first-order valence-corrected chi connectivity index (χ1v) is 6.25. The molecule has 2 atom stereocenters. The van der Waals surface area contributed by atoms with Crippen molar-refractivity contribution < 1.29 is 0 Å². The Morgan fingerprint density at radius 2 is 2.21 bits per heavy atom. The van der Waals surface area contributed by atoms with Crippen molar-refractivity contribution in [2.24, 2.45) is 0 Å². The van der Waals surface area contributed by atoms with E-state index in [2.05, 4.69) is 29.4 Å². The molecular formula is C8H15ClN4S. The van der Waals surface area contributed by atoms with Gasteiger partial charge in [-0.15, -0.1) is 16.7 Å². The van der Waals surface area contributed by atoms with E-state index >= 15 is 0 Å². The summed E-state index contributed by atoms with van der Waals surface area (Å²) in [6.45, 7) is 6.12. The van der Waals surface area contributed by atoms with Crippen LogP contribution in [0.1, 0.15) is 38.0 Å². The van der Waals surface area contributed by atoms with Crippen LogP contribution in [0.25, 0.3) is 0 Å². The smallest absolute Gasteiger partial charge is 0.169 e. The van der Waals surface area contributed by atoms with E-state index in [0.29, 0.717) is 6.04 Å². The zero-order valence-electron chi connectivity index (χ0n) is 8.64. The normalized spacial score (nSPS) is 15.4. The maximum absolute atomic E-state index is 5.96. The van der Waals surface area contributed by atoms with Gasteiger partial charge in [0.05, 0.1) is 11.4 Å². The van der Waals surface area contributed by atoms with Gasteiger partial charge in [-0.3, -0.25) is 0 Å². The Labute approximate surface area is 93.4 Å². The van der Waals surface area contributed by atoms with E-state index in [1.807, 2.05) is 18.7 Å². The number of alkyl halides is 1. The van der Waals surface area contributed by atoms with Crippen molar-refractivity contribution in [3.8, 4) is 0 Å². The Balaban J connectivity index is 2.68. The zero-order chi connectivity index (χ0) is 10.6. The highest BCUT2D eigenvalue weighted by Gasteiger charge is 2.16. The lowest BCUT2D eigenvalue weighted by Crippen LogP contribution is -2.14. The maximum Gasteiger partial charge on any atom is 0.169 e. The van der Waals surface area contributed by atoms with E-state index in [9.17, 15) is 0 Å². The third kappa shape index (κ3) is 2.85. The lowest BCUT2D eigenvalue weighted by molar-refractivity contribution is 0.500. The molecule has 1 aromatic rings. The highest BCUT2D eigenvalue weighted by Crippen LogP contribution is 2.20. The Bertz CT molecular complexity index is 276. The lowest BCUT2D eigenvalue weighted by Gasteiger charge is -2.13. The van der Waals surface area contributed by atoms with Gasteiger partial charge in [0.1, 0.15) is 0 Å². The maximum atomic E-state index is 5.96. The average molecular weight is 235 g/mol. The van der Waals surface area contributed by atoms with Crippen LogP contribution in [0.5, 0.6) is 0 Å². The van der Waals surface area contributed by atoms with Crippen molar-refractivity contribution >= 4 is 23.4 Å². The fourth-order valence-corrected chi connectivity index (χ4v) is 2.00. The van der Waals surface area contributed by atoms with Gasteiger partial charge in [-0.05, 0) is 30.0 Å². The number of thioether (sulfide) groups is 1. The number of aromatic nitrogens is 4. The summed E-state index contributed by atoms with van der Waals surface area (Å²) in [7, 11) is 0. The molecule has 6 heteroatoms. The molecule has 4 nitrogen and oxygen atoms in total. The molecule has 0 saturated carbocycles. The Morgan fingerprint density at radius 1 is 1.50 bits per heavy atom. The zero-order valence-corrected chi connectivity index (χ0v) is 10.2. The number of halogens is 1. The molecular weight excluding hydrogens is 220 g/mol. The minimum atomic E-state index is -0.140. The monoisotopic (exact) mass is 234 g/mol. The second kappa shape index (κ2) is 5.56. The van der Waals surface area contributed by atoms with E-state index < -0.39 is 0 Å². The highest BCUT2D eigenvalue weighted by atomic mass is 35.5. The van der Waals surface area contributed by atoms with Gasteiger partial charge in [-0.1, -0.05) is 6.92 Å². The van der Waals surface area contributed by atoms with E-state index in [1.54, 1.807) is 4.68 Å². The van der Waals surface area contributed by atoms with Gasteiger partial charge >= 0.3 is 0 Å². The van der Waals surface area contributed by atoms with Gasteiger partial charge in [0, 0.05) is 5.75 Å². The molecule has 0 aliphatic carbocycles. The summed E-state index contributed by atoms with van der Waals surface area (Å²) in [5.41, 5.74) is 0. The van der Waals surface area contributed by atoms with E-state index in [0.717, 1.165) is 17.3 Å². The van der Waals surface area contributed by atoms with Crippen LogP contribution in [0, 0.1) is 0 Å². The van der Waals surface area contributed by atoms with Crippen molar-refractivity contribution in [3.05, 3.63) is 5.82 Å². The molecule has 0 N–H and O–H groups in total. The number of rotatable bonds is 5. The summed E-state index contributed by atoms with van der Waals surface area (Å²) in [5.74, 6) is 2.87. The summed E-state index contributed by atoms with van der Waals surface area (Å²) in [4.78, 5) is 0. The highest BCUT2D eigenvalue weighted by molar-refractivity contribution is 7.99. The minimum Gasteiger partial charge on any atom is -0.224 e. The number of hydrogen-bond donors (Lipinski definition) is 0. The molecule has 0 aromatic carbocycles. The quantitative estimate of drug-likeness (QED) is 0.734. The van der Waals surface area contributed by atoms with Crippen molar-refractivity contribution in [3.63, 3.8) is 0 Å². The van der Waals surface area contributed by atoms with Crippen LogP contribution in [0.3, 0.4) is 0 Å². The van der Waals surface area contributed by atoms with Crippen LogP contribution >= 0.6 is 23.4 Å². The molecule has 0 radical (unpaired) electrons. The number of hydrogen-bond acceptors (Lipinski definition) is 4. The fourth-order valence-electron chi connectivity index (χ4n) is 1.14. The van der Waals surface area contributed by atoms with Crippen LogP contribution in [0.2, 0.25) is 0 Å². The van der Waals surface area contributed by atoms with Gasteiger partial charge in [-0.25, -0.2) is 4.68 Å². The van der Waals surface area contributed by atoms with Crippen LogP contribution in [-0.4, -0.2) is 31.7 Å². The molecule has 2 unspecified atom stereocenters. The van der Waals surface area contributed by atoms with Gasteiger partial charge in [0.2, 0.25) is 0 Å². The van der Waals surface area contributed by atoms with Crippen molar-refractivity contribution in [2.45, 2.75) is 32.2 Å².